The van der Waals surface area contributed by atoms with E-state index in [-0.39, 0.29) is 0 Å². The monoisotopic (exact) mass is 361 g/mol. The molecule has 0 aliphatic heterocycles. The minimum Gasteiger partial charge on any atom is -0.363 e. The highest BCUT2D eigenvalue weighted by Crippen LogP contribution is 2.10. The summed E-state index contributed by atoms with van der Waals surface area (Å²) in [6.07, 6.45) is 0.363. The van der Waals surface area contributed by atoms with Crippen molar-refractivity contribution in [3.8, 4) is 0 Å². The summed E-state index contributed by atoms with van der Waals surface area (Å²) in [4.78, 5) is 11.0. The predicted molar refractivity (Wildman–Crippen MR) is 101 cm³/mol. The van der Waals surface area contributed by atoms with Gasteiger partial charge in [-0.25, -0.2) is 18.8 Å². The van der Waals surface area contributed by atoms with Gasteiger partial charge < -0.3 is 15.5 Å². The molecular weight excluding hydrogens is 336 g/mol. The summed E-state index contributed by atoms with van der Waals surface area (Å²) in [5, 5.41) is 6.27. The second kappa shape index (κ2) is 9.70. The Labute approximate surface area is 153 Å². The van der Waals surface area contributed by atoms with Gasteiger partial charge in [-0.15, -0.1) is 0 Å². The van der Waals surface area contributed by atoms with Gasteiger partial charge in [0, 0.05) is 27.2 Å². The van der Waals surface area contributed by atoms with E-state index in [9.17, 15) is 8.78 Å². The van der Waals surface area contributed by atoms with E-state index in [1.165, 1.54) is 6.07 Å². The van der Waals surface area contributed by atoms with Crippen LogP contribution in [0, 0.1) is 11.6 Å². The van der Waals surface area contributed by atoms with E-state index in [0.29, 0.717) is 37.6 Å². The van der Waals surface area contributed by atoms with Gasteiger partial charge in [-0.3, -0.25) is 0 Å². The summed E-state index contributed by atoms with van der Waals surface area (Å²) in [7, 11) is 3.87. The molecule has 1 heterocycles. The molecule has 0 amide bonds. The lowest BCUT2D eigenvalue weighted by atomic mass is 10.1. The highest BCUT2D eigenvalue weighted by atomic mass is 19.1. The Hall–Kier alpha value is -2.70. The number of halogens is 2. The maximum atomic E-state index is 13.7. The van der Waals surface area contributed by atoms with Crippen molar-refractivity contribution in [1.82, 2.24) is 15.6 Å². The van der Waals surface area contributed by atoms with Crippen molar-refractivity contribution in [2.75, 3.05) is 32.1 Å². The van der Waals surface area contributed by atoms with Crippen LogP contribution in [0.15, 0.2) is 41.4 Å². The fraction of sp³-hybridized carbons (Fsp3) is 0.368. The Morgan fingerprint density at radius 1 is 1.15 bits per heavy atom. The van der Waals surface area contributed by atoms with Crippen molar-refractivity contribution in [3.05, 3.63) is 59.3 Å². The van der Waals surface area contributed by atoms with Crippen LogP contribution in [0.2, 0.25) is 0 Å². The zero-order valence-corrected chi connectivity index (χ0v) is 15.4. The first-order valence-corrected chi connectivity index (χ1v) is 8.59. The first kappa shape index (κ1) is 19.6. The van der Waals surface area contributed by atoms with Crippen LogP contribution in [0.1, 0.15) is 18.2 Å². The first-order chi connectivity index (χ1) is 12.5. The van der Waals surface area contributed by atoms with E-state index < -0.39 is 11.6 Å². The molecule has 7 heteroatoms. The summed E-state index contributed by atoms with van der Waals surface area (Å²) in [5.74, 6) is 0.646. The summed E-state index contributed by atoms with van der Waals surface area (Å²) in [6.45, 7) is 3.53. The van der Waals surface area contributed by atoms with Crippen LogP contribution >= 0.6 is 0 Å². The molecule has 0 radical (unpaired) electrons. The maximum absolute atomic E-state index is 13.7. The molecule has 0 spiro atoms. The molecule has 0 unspecified atom stereocenters. The van der Waals surface area contributed by atoms with Crippen molar-refractivity contribution in [2.24, 2.45) is 4.99 Å². The van der Waals surface area contributed by atoms with Gasteiger partial charge in [-0.2, -0.15) is 0 Å². The third-order valence-electron chi connectivity index (χ3n) is 3.69. The van der Waals surface area contributed by atoms with Gasteiger partial charge in [0.25, 0.3) is 0 Å². The quantitative estimate of drug-likeness (QED) is 0.588. The van der Waals surface area contributed by atoms with Crippen LogP contribution < -0.4 is 15.5 Å². The van der Waals surface area contributed by atoms with Gasteiger partial charge in [-0.1, -0.05) is 6.07 Å². The molecule has 140 valence electrons. The van der Waals surface area contributed by atoms with Crippen LogP contribution in [0.4, 0.5) is 14.6 Å². The lowest BCUT2D eigenvalue weighted by Crippen LogP contribution is -2.38. The second-order valence-electron chi connectivity index (χ2n) is 5.99. The Balaban J connectivity index is 1.96. The number of hydrogen-bond acceptors (Lipinski definition) is 3. The van der Waals surface area contributed by atoms with Crippen LogP contribution in [0.5, 0.6) is 0 Å². The van der Waals surface area contributed by atoms with Gasteiger partial charge in [-0.05, 0) is 49.2 Å². The number of hydrogen-bond donors (Lipinski definition) is 2. The zero-order valence-electron chi connectivity index (χ0n) is 15.4. The summed E-state index contributed by atoms with van der Waals surface area (Å²) < 4.78 is 26.9. The Morgan fingerprint density at radius 3 is 2.69 bits per heavy atom. The molecule has 1 aromatic heterocycles. The molecule has 5 nitrogen and oxygen atoms in total. The van der Waals surface area contributed by atoms with Crippen LogP contribution in [-0.4, -0.2) is 38.1 Å². The molecule has 0 aliphatic carbocycles. The van der Waals surface area contributed by atoms with E-state index in [2.05, 4.69) is 20.6 Å². The average Bonchev–Trinajstić information content (AvgIpc) is 2.62. The molecule has 2 rings (SSSR count). The second-order valence-corrected chi connectivity index (χ2v) is 5.99. The number of anilines is 1. The van der Waals surface area contributed by atoms with E-state index in [4.69, 9.17) is 0 Å². The molecule has 2 aromatic rings. The minimum atomic E-state index is -0.436. The average molecular weight is 361 g/mol. The molecule has 0 saturated heterocycles. The highest BCUT2D eigenvalue weighted by molar-refractivity contribution is 5.79. The van der Waals surface area contributed by atoms with E-state index in [0.717, 1.165) is 23.6 Å². The maximum Gasteiger partial charge on any atom is 0.191 e. The SMILES string of the molecule is CCNC(=NCc1cccc(N(C)C)n1)NCCc1cc(F)ccc1F. The van der Waals surface area contributed by atoms with Crippen LogP contribution in [-0.2, 0) is 13.0 Å². The van der Waals surface area contributed by atoms with Gasteiger partial charge in [0.2, 0.25) is 0 Å². The third kappa shape index (κ3) is 5.98. The van der Waals surface area contributed by atoms with Crippen molar-refractivity contribution < 1.29 is 8.78 Å². The summed E-state index contributed by atoms with van der Waals surface area (Å²) in [6, 6.07) is 9.28. The topological polar surface area (TPSA) is 52.6 Å². The molecular formula is C19H25F2N5. The number of pyridine rings is 1. The molecule has 0 aliphatic rings. The molecule has 26 heavy (non-hydrogen) atoms. The lowest BCUT2D eigenvalue weighted by molar-refractivity contribution is 0.583. The first-order valence-electron chi connectivity index (χ1n) is 8.59. The van der Waals surface area contributed by atoms with E-state index in [1.54, 1.807) is 0 Å². The van der Waals surface area contributed by atoms with Gasteiger partial charge in [0.1, 0.15) is 17.5 Å². The van der Waals surface area contributed by atoms with Crippen LogP contribution in [0.3, 0.4) is 0 Å². The third-order valence-corrected chi connectivity index (χ3v) is 3.69. The fourth-order valence-electron chi connectivity index (χ4n) is 2.36. The normalized spacial score (nSPS) is 11.3. The van der Waals surface area contributed by atoms with Crippen molar-refractivity contribution in [1.29, 1.82) is 0 Å². The minimum absolute atomic E-state index is 0.341. The number of benzene rings is 1. The summed E-state index contributed by atoms with van der Waals surface area (Å²) >= 11 is 0. The Morgan fingerprint density at radius 2 is 1.96 bits per heavy atom. The molecule has 1 aromatic carbocycles. The van der Waals surface area contributed by atoms with Crippen molar-refractivity contribution >= 4 is 11.8 Å². The smallest absolute Gasteiger partial charge is 0.191 e. The van der Waals surface area contributed by atoms with E-state index >= 15 is 0 Å². The molecule has 0 fully saturated rings. The molecule has 0 saturated carbocycles. The summed E-state index contributed by atoms with van der Waals surface area (Å²) in [5.41, 5.74) is 1.19. The number of guanidine groups is 1. The van der Waals surface area contributed by atoms with Gasteiger partial charge in [0.05, 0.1) is 12.2 Å². The zero-order chi connectivity index (χ0) is 18.9. The number of nitrogens with zero attached hydrogens (tertiary/aromatic N) is 3. The fourth-order valence-corrected chi connectivity index (χ4v) is 2.36. The molecule has 0 atom stereocenters. The van der Waals surface area contributed by atoms with Crippen molar-refractivity contribution in [2.45, 2.75) is 19.9 Å². The Bertz CT molecular complexity index is 746. The lowest BCUT2D eigenvalue weighted by Gasteiger charge is -2.13. The van der Waals surface area contributed by atoms with Crippen LogP contribution in [0.25, 0.3) is 0 Å². The standard InChI is InChI=1S/C19H25F2N5/c1-4-22-19(23-11-10-14-12-15(20)8-9-17(14)21)24-13-16-6-5-7-18(25-16)26(2)3/h5-9,12H,4,10-11,13H2,1-3H3,(H2,22,23,24). The number of nitrogens with one attached hydrogen (secondary N) is 2. The molecule has 0 bridgehead atoms. The number of aromatic nitrogens is 1. The molecule has 2 N–H and O–H groups in total. The van der Waals surface area contributed by atoms with Crippen molar-refractivity contribution in [3.63, 3.8) is 0 Å². The highest BCUT2D eigenvalue weighted by Gasteiger charge is 2.05. The Kier molecular flexibility index (Phi) is 7.32. The number of aliphatic imine (C=N–C) groups is 1. The predicted octanol–water partition coefficient (Wildman–Crippen LogP) is 2.72. The van der Waals surface area contributed by atoms with Gasteiger partial charge >= 0.3 is 0 Å². The van der Waals surface area contributed by atoms with E-state index in [1.807, 2.05) is 44.1 Å². The number of rotatable bonds is 7. The van der Waals surface area contributed by atoms with Gasteiger partial charge in [0.15, 0.2) is 5.96 Å². The largest absolute Gasteiger partial charge is 0.363 e.